The van der Waals surface area contributed by atoms with Gasteiger partial charge in [-0.3, -0.25) is 14.9 Å². The molecule has 0 unspecified atom stereocenters. The molecule has 0 saturated carbocycles. The summed E-state index contributed by atoms with van der Waals surface area (Å²) < 4.78 is 0. The van der Waals surface area contributed by atoms with Gasteiger partial charge in [0.05, 0.1) is 22.6 Å². The van der Waals surface area contributed by atoms with E-state index in [0.29, 0.717) is 10.5 Å². The molecule has 30 heavy (non-hydrogen) atoms. The number of aromatic nitrogens is 5. The van der Waals surface area contributed by atoms with Crippen molar-refractivity contribution >= 4 is 39.4 Å². The number of benzene rings is 2. The first-order chi connectivity index (χ1) is 14.6. The minimum Gasteiger partial charge on any atom is -0.343 e. The Morgan fingerprint density at radius 1 is 1.10 bits per heavy atom. The molecule has 5 rings (SSSR count). The van der Waals surface area contributed by atoms with E-state index in [-0.39, 0.29) is 17.8 Å². The van der Waals surface area contributed by atoms with Crippen molar-refractivity contribution < 1.29 is 4.79 Å². The Balaban J connectivity index is 1.46. The molecule has 1 amide bonds. The number of fused-ring (bicyclic) bond motifs is 2. The van der Waals surface area contributed by atoms with Crippen molar-refractivity contribution in [3.63, 3.8) is 0 Å². The number of halogens is 1. The molecule has 0 saturated heterocycles. The molecule has 8 heteroatoms. The summed E-state index contributed by atoms with van der Waals surface area (Å²) in [6.45, 7) is 1.90. The van der Waals surface area contributed by atoms with Crippen LogP contribution in [0.15, 0.2) is 60.9 Å². The van der Waals surface area contributed by atoms with E-state index in [1.165, 1.54) is 0 Å². The Morgan fingerprint density at radius 2 is 1.93 bits per heavy atom. The summed E-state index contributed by atoms with van der Waals surface area (Å²) in [6.07, 6.45) is 3.46. The first kappa shape index (κ1) is 18.3. The minimum absolute atomic E-state index is 0.207. The van der Waals surface area contributed by atoms with Gasteiger partial charge in [-0.05, 0) is 48.9 Å². The van der Waals surface area contributed by atoms with Gasteiger partial charge >= 0.3 is 0 Å². The number of carbonyl (C=O) groups is 1. The van der Waals surface area contributed by atoms with Crippen LogP contribution in [0.3, 0.4) is 0 Å². The van der Waals surface area contributed by atoms with E-state index < -0.39 is 0 Å². The molecule has 0 bridgehead atoms. The number of H-pyrrole nitrogens is 2. The van der Waals surface area contributed by atoms with E-state index in [9.17, 15) is 4.79 Å². The highest BCUT2D eigenvalue weighted by molar-refractivity contribution is 6.30. The first-order valence-electron chi connectivity index (χ1n) is 9.43. The molecule has 7 nitrogen and oxygen atoms in total. The van der Waals surface area contributed by atoms with E-state index >= 15 is 0 Å². The third kappa shape index (κ3) is 3.29. The minimum atomic E-state index is -0.283. The van der Waals surface area contributed by atoms with Crippen molar-refractivity contribution in [2.75, 3.05) is 0 Å². The fourth-order valence-electron chi connectivity index (χ4n) is 3.48. The van der Waals surface area contributed by atoms with Crippen LogP contribution in [-0.2, 0) is 0 Å². The molecule has 0 aliphatic rings. The third-order valence-electron chi connectivity index (χ3n) is 5.03. The van der Waals surface area contributed by atoms with Crippen LogP contribution in [0, 0.1) is 0 Å². The fraction of sp³-hybridized carbons (Fsp3) is 0.0909. The van der Waals surface area contributed by atoms with Crippen LogP contribution in [0.5, 0.6) is 0 Å². The highest BCUT2D eigenvalue weighted by atomic mass is 35.5. The van der Waals surface area contributed by atoms with Crippen LogP contribution in [0.2, 0.25) is 5.02 Å². The van der Waals surface area contributed by atoms with Crippen LogP contribution < -0.4 is 5.32 Å². The quantitative estimate of drug-likeness (QED) is 0.397. The molecule has 3 N–H and O–H groups in total. The topological polar surface area (TPSA) is 99.3 Å². The summed E-state index contributed by atoms with van der Waals surface area (Å²) in [5, 5.41) is 12.0. The van der Waals surface area contributed by atoms with Crippen molar-refractivity contribution in [2.24, 2.45) is 0 Å². The van der Waals surface area contributed by atoms with Crippen LogP contribution in [0.4, 0.5) is 0 Å². The van der Waals surface area contributed by atoms with Gasteiger partial charge < -0.3 is 10.3 Å². The third-order valence-corrected chi connectivity index (χ3v) is 5.26. The molecule has 148 valence electrons. The molecule has 0 radical (unpaired) electrons. The first-order valence-corrected chi connectivity index (χ1v) is 9.81. The zero-order valence-electron chi connectivity index (χ0n) is 16.0. The number of pyridine rings is 1. The van der Waals surface area contributed by atoms with E-state index in [2.05, 4.69) is 30.5 Å². The van der Waals surface area contributed by atoms with Crippen molar-refractivity contribution in [3.8, 4) is 11.3 Å². The molecule has 0 aliphatic heterocycles. The monoisotopic (exact) mass is 416 g/mol. The molecule has 2 aromatic carbocycles. The number of hydrogen-bond acceptors (Lipinski definition) is 4. The van der Waals surface area contributed by atoms with Crippen molar-refractivity contribution in [3.05, 3.63) is 77.3 Å². The highest BCUT2D eigenvalue weighted by Gasteiger charge is 2.17. The van der Waals surface area contributed by atoms with E-state index in [1.807, 2.05) is 49.4 Å². The predicted octanol–water partition coefficient (Wildman–Crippen LogP) is 4.65. The number of imidazole rings is 1. The highest BCUT2D eigenvalue weighted by Crippen LogP contribution is 2.29. The zero-order chi connectivity index (χ0) is 20.7. The maximum atomic E-state index is 12.7. The summed E-state index contributed by atoms with van der Waals surface area (Å²) in [4.78, 5) is 24.4. The summed E-state index contributed by atoms with van der Waals surface area (Å²) >= 11 is 6.05. The maximum absolute atomic E-state index is 12.7. The second-order valence-corrected chi connectivity index (χ2v) is 7.50. The lowest BCUT2D eigenvalue weighted by Crippen LogP contribution is -2.27. The molecule has 3 aromatic heterocycles. The normalized spacial score (nSPS) is 12.3. The van der Waals surface area contributed by atoms with Gasteiger partial charge in [-0.15, -0.1) is 0 Å². The predicted molar refractivity (Wildman–Crippen MR) is 116 cm³/mol. The van der Waals surface area contributed by atoms with Crippen molar-refractivity contribution in [2.45, 2.75) is 13.0 Å². The molecule has 0 aliphatic carbocycles. The van der Waals surface area contributed by atoms with E-state index in [0.717, 1.165) is 33.2 Å². The molecule has 1 atom stereocenters. The van der Waals surface area contributed by atoms with E-state index in [4.69, 9.17) is 11.6 Å². The number of hydrogen-bond donors (Lipinski definition) is 3. The fourth-order valence-corrected chi connectivity index (χ4v) is 3.68. The zero-order valence-corrected chi connectivity index (χ0v) is 16.7. The Bertz CT molecular complexity index is 1370. The van der Waals surface area contributed by atoms with Gasteiger partial charge in [-0.25, -0.2) is 4.98 Å². The van der Waals surface area contributed by atoms with Crippen LogP contribution >= 0.6 is 11.6 Å². The molecule has 5 aromatic rings. The summed E-state index contributed by atoms with van der Waals surface area (Å²) in [5.74, 6) is -0.0280. The number of aromatic amines is 2. The van der Waals surface area contributed by atoms with Gasteiger partial charge in [0.2, 0.25) is 0 Å². The SMILES string of the molecule is C[C@@H](NC(=O)c1nc2cc3c(-c4ccncc4)n[nH]c3cc2[nH]1)c1cccc(Cl)c1. The smallest absolute Gasteiger partial charge is 0.287 e. The van der Waals surface area contributed by atoms with Crippen LogP contribution in [-0.4, -0.2) is 31.1 Å². The molecule has 0 spiro atoms. The molecular formula is C22H17ClN6O. The standard InChI is InChI=1S/C22H17ClN6O/c1-12(14-3-2-4-15(23)9-14)25-22(30)21-26-18-10-16-17(11-19(18)27-21)28-29-20(16)13-5-7-24-8-6-13/h2-12H,1H3,(H,25,30)(H,26,27)(H,28,29)/t12-/m1/s1. The van der Waals surface area contributed by atoms with Crippen LogP contribution in [0.1, 0.15) is 29.1 Å². The van der Waals surface area contributed by atoms with Gasteiger partial charge in [0.1, 0.15) is 5.69 Å². The van der Waals surface area contributed by atoms with Gasteiger partial charge in [0.25, 0.3) is 5.91 Å². The maximum Gasteiger partial charge on any atom is 0.287 e. The summed E-state index contributed by atoms with van der Waals surface area (Å²) in [6, 6.07) is 14.9. The lowest BCUT2D eigenvalue weighted by atomic mass is 10.1. The molecule has 3 heterocycles. The van der Waals surface area contributed by atoms with Crippen molar-refractivity contribution in [1.29, 1.82) is 0 Å². The molecular weight excluding hydrogens is 400 g/mol. The van der Waals surface area contributed by atoms with Gasteiger partial charge in [-0.2, -0.15) is 5.10 Å². The van der Waals surface area contributed by atoms with Crippen molar-refractivity contribution in [1.82, 2.24) is 30.5 Å². The lowest BCUT2D eigenvalue weighted by Gasteiger charge is -2.13. The summed E-state index contributed by atoms with van der Waals surface area (Å²) in [5.41, 5.74) is 5.01. The molecule has 0 fully saturated rings. The second kappa shape index (κ2) is 7.27. The Kier molecular flexibility index (Phi) is 4.44. The number of carbonyl (C=O) groups excluding carboxylic acids is 1. The average molecular weight is 417 g/mol. The number of amides is 1. The average Bonchev–Trinajstić information content (AvgIpc) is 3.36. The van der Waals surface area contributed by atoms with Crippen LogP contribution in [0.25, 0.3) is 33.2 Å². The number of rotatable bonds is 4. The Morgan fingerprint density at radius 3 is 2.73 bits per heavy atom. The number of nitrogens with one attached hydrogen (secondary N) is 3. The lowest BCUT2D eigenvalue weighted by molar-refractivity contribution is 0.0930. The van der Waals surface area contributed by atoms with E-state index in [1.54, 1.807) is 18.5 Å². The largest absolute Gasteiger partial charge is 0.343 e. The Labute approximate surface area is 176 Å². The van der Waals surface area contributed by atoms with Gasteiger partial charge in [0.15, 0.2) is 5.82 Å². The summed E-state index contributed by atoms with van der Waals surface area (Å²) in [7, 11) is 0. The van der Waals surface area contributed by atoms with Gasteiger partial charge in [-0.1, -0.05) is 23.7 Å². The van der Waals surface area contributed by atoms with Gasteiger partial charge in [0, 0.05) is 28.4 Å². The second-order valence-electron chi connectivity index (χ2n) is 7.06. The Hall–Kier alpha value is -3.71. The number of nitrogens with zero attached hydrogens (tertiary/aromatic N) is 3.